The van der Waals surface area contributed by atoms with E-state index in [2.05, 4.69) is 14.8 Å². The van der Waals surface area contributed by atoms with Gasteiger partial charge < -0.3 is 4.74 Å². The molecule has 0 saturated heterocycles. The van der Waals surface area contributed by atoms with E-state index in [4.69, 9.17) is 0 Å². The average Bonchev–Trinajstić information content (AvgIpc) is 2.86. The largest absolute Gasteiger partial charge is 0.463 e. The molecule has 0 unspecified atom stereocenters. The maximum absolute atomic E-state index is 13.8. The van der Waals surface area contributed by atoms with Crippen LogP contribution in [-0.2, 0) is 4.74 Å². The van der Waals surface area contributed by atoms with E-state index >= 15 is 0 Å². The zero-order valence-electron chi connectivity index (χ0n) is 10.3. The lowest BCUT2D eigenvalue weighted by atomic mass is 10.1. The number of rotatable bonds is 3. The van der Waals surface area contributed by atoms with Gasteiger partial charge in [0.25, 0.3) is 5.82 Å². The zero-order valence-corrected chi connectivity index (χ0v) is 10.3. The number of para-hydroxylation sites is 1. The summed E-state index contributed by atoms with van der Waals surface area (Å²) in [7, 11) is 1.19. The van der Waals surface area contributed by atoms with Gasteiger partial charge in [0.15, 0.2) is 5.78 Å². The summed E-state index contributed by atoms with van der Waals surface area (Å²) in [6.07, 6.45) is 1.15. The van der Waals surface area contributed by atoms with Crippen LogP contribution in [0, 0.1) is 5.82 Å². The lowest BCUT2D eigenvalue weighted by Crippen LogP contribution is -2.09. The van der Waals surface area contributed by atoms with Crippen LogP contribution >= 0.6 is 0 Å². The molecular formula is C12H10FN3O3. The fourth-order valence-corrected chi connectivity index (χ4v) is 1.59. The molecule has 0 aliphatic heterocycles. The molecule has 0 fully saturated rings. The number of ether oxygens (including phenoxy) is 1. The summed E-state index contributed by atoms with van der Waals surface area (Å²) in [5.74, 6) is -1.89. The molecule has 0 N–H and O–H groups in total. The molecule has 0 radical (unpaired) electrons. The van der Waals surface area contributed by atoms with E-state index in [9.17, 15) is 14.0 Å². The Balaban J connectivity index is 2.56. The fourth-order valence-electron chi connectivity index (χ4n) is 1.59. The SMILES string of the molecule is COC(=O)c1ncn(-c2c(F)cccc2C(C)=O)n1. The highest BCUT2D eigenvalue weighted by Gasteiger charge is 2.18. The molecule has 0 saturated carbocycles. The Hall–Kier alpha value is -2.57. The Morgan fingerprint density at radius 1 is 1.37 bits per heavy atom. The third-order valence-electron chi connectivity index (χ3n) is 2.46. The standard InChI is InChI=1S/C12H10FN3O3/c1-7(17)8-4-3-5-9(13)10(8)16-6-14-11(15-16)12(18)19-2/h3-6H,1-2H3. The molecule has 0 atom stereocenters. The average molecular weight is 263 g/mol. The molecule has 1 aromatic heterocycles. The molecule has 0 amide bonds. The van der Waals surface area contributed by atoms with Gasteiger partial charge in [-0.05, 0) is 19.1 Å². The first-order valence-corrected chi connectivity index (χ1v) is 5.34. The Kier molecular flexibility index (Phi) is 3.37. The second-order valence-corrected chi connectivity index (χ2v) is 3.70. The predicted octanol–water partition coefficient (Wildman–Crippen LogP) is 1.40. The van der Waals surface area contributed by atoms with E-state index in [0.717, 1.165) is 11.0 Å². The van der Waals surface area contributed by atoms with Crippen molar-refractivity contribution in [3.05, 3.63) is 41.7 Å². The van der Waals surface area contributed by atoms with E-state index in [-0.39, 0.29) is 22.9 Å². The molecular weight excluding hydrogens is 253 g/mol. The van der Waals surface area contributed by atoms with Crippen LogP contribution in [0.3, 0.4) is 0 Å². The van der Waals surface area contributed by atoms with Gasteiger partial charge in [-0.2, -0.15) is 0 Å². The van der Waals surface area contributed by atoms with Gasteiger partial charge in [0.1, 0.15) is 17.8 Å². The number of halogens is 1. The molecule has 1 heterocycles. The molecule has 6 nitrogen and oxygen atoms in total. The highest BCUT2D eigenvalue weighted by molar-refractivity contribution is 5.97. The van der Waals surface area contributed by atoms with Crippen molar-refractivity contribution in [2.45, 2.75) is 6.92 Å². The van der Waals surface area contributed by atoms with Crippen molar-refractivity contribution in [2.75, 3.05) is 7.11 Å². The van der Waals surface area contributed by atoms with E-state index in [1.54, 1.807) is 0 Å². The highest BCUT2D eigenvalue weighted by Crippen LogP contribution is 2.18. The number of ketones is 1. The summed E-state index contributed by atoms with van der Waals surface area (Å²) in [6, 6.07) is 4.09. The fraction of sp³-hybridized carbons (Fsp3) is 0.167. The molecule has 0 spiro atoms. The molecule has 7 heteroatoms. The summed E-state index contributed by atoms with van der Waals surface area (Å²) in [6.45, 7) is 1.32. The topological polar surface area (TPSA) is 74.1 Å². The van der Waals surface area contributed by atoms with E-state index < -0.39 is 11.8 Å². The number of Topliss-reactive ketones (excluding diaryl/α,β-unsaturated/α-hetero) is 1. The van der Waals surface area contributed by atoms with Crippen LogP contribution < -0.4 is 0 Å². The van der Waals surface area contributed by atoms with Crippen LogP contribution in [0.15, 0.2) is 24.5 Å². The number of hydrogen-bond acceptors (Lipinski definition) is 5. The minimum atomic E-state index is -0.737. The van der Waals surface area contributed by atoms with Gasteiger partial charge in [-0.25, -0.2) is 18.9 Å². The van der Waals surface area contributed by atoms with Crippen LogP contribution in [0.4, 0.5) is 4.39 Å². The highest BCUT2D eigenvalue weighted by atomic mass is 19.1. The van der Waals surface area contributed by atoms with Crippen LogP contribution in [-0.4, -0.2) is 33.6 Å². The van der Waals surface area contributed by atoms with E-state index in [1.807, 2.05) is 0 Å². The Morgan fingerprint density at radius 3 is 2.74 bits per heavy atom. The first-order chi connectivity index (χ1) is 9.04. The number of methoxy groups -OCH3 is 1. The number of carbonyl (C=O) groups excluding carboxylic acids is 2. The molecule has 2 aromatic rings. The summed E-state index contributed by atoms with van der Waals surface area (Å²) in [5.41, 5.74) is 0.110. The van der Waals surface area contributed by atoms with Crippen LogP contribution in [0.1, 0.15) is 27.9 Å². The van der Waals surface area contributed by atoms with Gasteiger partial charge in [-0.3, -0.25) is 4.79 Å². The Morgan fingerprint density at radius 2 is 2.11 bits per heavy atom. The third kappa shape index (κ3) is 2.35. The second-order valence-electron chi connectivity index (χ2n) is 3.70. The quantitative estimate of drug-likeness (QED) is 0.618. The number of nitrogens with zero attached hydrogens (tertiary/aromatic N) is 3. The number of benzene rings is 1. The van der Waals surface area contributed by atoms with Gasteiger partial charge in [-0.1, -0.05) is 6.07 Å². The van der Waals surface area contributed by atoms with Gasteiger partial charge >= 0.3 is 5.97 Å². The van der Waals surface area contributed by atoms with Crippen molar-refractivity contribution in [1.82, 2.24) is 14.8 Å². The molecule has 2 rings (SSSR count). The number of carbonyl (C=O) groups is 2. The second kappa shape index (κ2) is 4.97. The first-order valence-electron chi connectivity index (χ1n) is 5.34. The van der Waals surface area contributed by atoms with E-state index in [0.29, 0.717) is 0 Å². The maximum Gasteiger partial charge on any atom is 0.377 e. The van der Waals surface area contributed by atoms with Gasteiger partial charge in [0.05, 0.1) is 7.11 Å². The van der Waals surface area contributed by atoms with Crippen molar-refractivity contribution in [3.63, 3.8) is 0 Å². The summed E-state index contributed by atoms with van der Waals surface area (Å²) < 4.78 is 19.3. The molecule has 98 valence electrons. The lowest BCUT2D eigenvalue weighted by Gasteiger charge is -2.07. The normalized spacial score (nSPS) is 10.3. The summed E-state index contributed by atoms with van der Waals surface area (Å²) in [5, 5.41) is 3.79. The van der Waals surface area contributed by atoms with Crippen molar-refractivity contribution < 1.29 is 18.7 Å². The Labute approximate surface area is 107 Å². The number of esters is 1. The van der Waals surface area contributed by atoms with Crippen molar-refractivity contribution >= 4 is 11.8 Å². The molecule has 19 heavy (non-hydrogen) atoms. The van der Waals surface area contributed by atoms with Crippen molar-refractivity contribution in [3.8, 4) is 5.69 Å². The smallest absolute Gasteiger partial charge is 0.377 e. The van der Waals surface area contributed by atoms with E-state index in [1.165, 1.54) is 32.2 Å². The van der Waals surface area contributed by atoms with Crippen LogP contribution in [0.2, 0.25) is 0 Å². The predicted molar refractivity (Wildman–Crippen MR) is 62.7 cm³/mol. The minimum Gasteiger partial charge on any atom is -0.463 e. The maximum atomic E-state index is 13.8. The molecule has 0 aliphatic carbocycles. The van der Waals surface area contributed by atoms with Gasteiger partial charge in [0.2, 0.25) is 0 Å². The molecule has 0 aliphatic rings. The van der Waals surface area contributed by atoms with Crippen LogP contribution in [0.25, 0.3) is 5.69 Å². The van der Waals surface area contributed by atoms with Crippen LogP contribution in [0.5, 0.6) is 0 Å². The lowest BCUT2D eigenvalue weighted by molar-refractivity contribution is 0.0587. The minimum absolute atomic E-state index is 0.0438. The monoisotopic (exact) mass is 263 g/mol. The van der Waals surface area contributed by atoms with Gasteiger partial charge in [0, 0.05) is 5.56 Å². The summed E-state index contributed by atoms with van der Waals surface area (Å²) >= 11 is 0. The van der Waals surface area contributed by atoms with Crippen molar-refractivity contribution in [2.24, 2.45) is 0 Å². The molecule has 1 aromatic carbocycles. The number of hydrogen-bond donors (Lipinski definition) is 0. The third-order valence-corrected chi connectivity index (χ3v) is 2.46. The summed E-state index contributed by atoms with van der Waals surface area (Å²) in [4.78, 5) is 26.4. The first kappa shape index (κ1) is 12.9. The van der Waals surface area contributed by atoms with Crippen molar-refractivity contribution in [1.29, 1.82) is 0 Å². The van der Waals surface area contributed by atoms with Gasteiger partial charge in [-0.15, -0.1) is 5.10 Å². The number of aromatic nitrogens is 3. The zero-order chi connectivity index (χ0) is 14.0. The molecule has 0 bridgehead atoms. The Bertz CT molecular complexity index is 651.